The van der Waals surface area contributed by atoms with Crippen LogP contribution in [0.2, 0.25) is 0 Å². The van der Waals surface area contributed by atoms with E-state index in [-0.39, 0.29) is 11.2 Å². The number of methoxy groups -OCH3 is 1. The van der Waals surface area contributed by atoms with E-state index < -0.39 is 0 Å². The molecule has 0 bridgehead atoms. The molecular formula is C16H15N5O2S. The van der Waals surface area contributed by atoms with Crippen LogP contribution in [-0.4, -0.2) is 44.7 Å². The zero-order chi connectivity index (χ0) is 16.5. The Labute approximate surface area is 142 Å². The van der Waals surface area contributed by atoms with Crippen molar-refractivity contribution in [2.45, 2.75) is 16.8 Å². The number of thioether (sulfide) groups is 1. The highest BCUT2D eigenvalue weighted by molar-refractivity contribution is 8.00. The number of benzene rings is 1. The number of hydrogen-bond donors (Lipinski definition) is 1. The summed E-state index contributed by atoms with van der Waals surface area (Å²) in [5, 5.41) is 0.508. The van der Waals surface area contributed by atoms with Crippen LogP contribution in [0.1, 0.15) is 6.42 Å². The molecule has 1 amide bonds. The van der Waals surface area contributed by atoms with Gasteiger partial charge in [0.05, 0.1) is 24.2 Å². The molecule has 8 heteroatoms. The van der Waals surface area contributed by atoms with Crippen molar-refractivity contribution < 1.29 is 9.53 Å². The van der Waals surface area contributed by atoms with Crippen LogP contribution in [0.3, 0.4) is 0 Å². The Hall–Kier alpha value is -2.61. The Morgan fingerprint density at radius 3 is 3.08 bits per heavy atom. The first-order valence-corrected chi connectivity index (χ1v) is 8.41. The maximum absolute atomic E-state index is 12.8. The number of amides is 1. The first-order chi connectivity index (χ1) is 11.8. The number of imidazole rings is 1. The third kappa shape index (κ3) is 2.58. The van der Waals surface area contributed by atoms with E-state index in [9.17, 15) is 4.79 Å². The summed E-state index contributed by atoms with van der Waals surface area (Å²) in [7, 11) is 1.61. The number of carbonyl (C=O) groups excluding carboxylic acids is 1. The first kappa shape index (κ1) is 14.9. The van der Waals surface area contributed by atoms with Gasteiger partial charge in [0.25, 0.3) is 0 Å². The van der Waals surface area contributed by atoms with Crippen molar-refractivity contribution in [3.05, 3.63) is 36.8 Å². The normalized spacial score (nSPS) is 17.6. The van der Waals surface area contributed by atoms with Gasteiger partial charge in [-0.05, 0) is 18.6 Å². The largest absolute Gasteiger partial charge is 0.495 e. The minimum absolute atomic E-state index is 0.0658. The fourth-order valence-electron chi connectivity index (χ4n) is 2.79. The van der Waals surface area contributed by atoms with Crippen LogP contribution in [-0.2, 0) is 4.79 Å². The number of aromatic nitrogens is 4. The number of para-hydroxylation sites is 2. The SMILES string of the molecule is COc1ccccc1N1CC[C@@H](Sc2nc3ncncc3[nH]2)C1=O. The molecule has 0 unspecified atom stereocenters. The monoisotopic (exact) mass is 341 g/mol. The molecule has 3 heterocycles. The van der Waals surface area contributed by atoms with E-state index in [1.165, 1.54) is 18.1 Å². The second-order valence-corrected chi connectivity index (χ2v) is 6.55. The van der Waals surface area contributed by atoms with E-state index in [2.05, 4.69) is 19.9 Å². The predicted molar refractivity (Wildman–Crippen MR) is 91.3 cm³/mol. The zero-order valence-corrected chi connectivity index (χ0v) is 13.8. The number of nitrogens with zero attached hydrogens (tertiary/aromatic N) is 4. The Balaban J connectivity index is 1.55. The molecule has 1 N–H and O–H groups in total. The van der Waals surface area contributed by atoms with Gasteiger partial charge in [0.2, 0.25) is 5.91 Å². The molecule has 1 fully saturated rings. The lowest BCUT2D eigenvalue weighted by Gasteiger charge is -2.19. The second kappa shape index (κ2) is 6.12. The maximum atomic E-state index is 12.8. The van der Waals surface area contributed by atoms with Gasteiger partial charge in [0.15, 0.2) is 10.8 Å². The molecule has 7 nitrogen and oxygen atoms in total. The van der Waals surface area contributed by atoms with Gasteiger partial charge < -0.3 is 14.6 Å². The molecule has 0 spiro atoms. The molecule has 1 saturated heterocycles. The number of carbonyl (C=O) groups is 1. The van der Waals surface area contributed by atoms with Crippen molar-refractivity contribution in [2.24, 2.45) is 0 Å². The third-order valence-corrected chi connectivity index (χ3v) is 5.06. The molecular weight excluding hydrogens is 326 g/mol. The van der Waals surface area contributed by atoms with Crippen LogP contribution in [0.5, 0.6) is 5.75 Å². The Bertz CT molecular complexity index is 864. The summed E-state index contributed by atoms with van der Waals surface area (Å²) in [6.07, 6.45) is 3.89. The molecule has 2 aromatic heterocycles. The number of fused-ring (bicyclic) bond motifs is 1. The molecule has 1 aromatic carbocycles. The average Bonchev–Trinajstić information content (AvgIpc) is 3.18. The highest BCUT2D eigenvalue weighted by atomic mass is 32.2. The van der Waals surface area contributed by atoms with Gasteiger partial charge in [0, 0.05) is 6.54 Å². The Morgan fingerprint density at radius 1 is 1.38 bits per heavy atom. The summed E-state index contributed by atoms with van der Waals surface area (Å²) >= 11 is 1.43. The van der Waals surface area contributed by atoms with Crippen LogP contribution in [0.25, 0.3) is 11.2 Å². The number of nitrogens with one attached hydrogen (secondary N) is 1. The lowest BCUT2D eigenvalue weighted by Crippen LogP contribution is -2.28. The Morgan fingerprint density at radius 2 is 2.25 bits per heavy atom. The molecule has 24 heavy (non-hydrogen) atoms. The summed E-state index contributed by atoms with van der Waals surface area (Å²) in [6.45, 7) is 0.664. The van der Waals surface area contributed by atoms with Gasteiger partial charge in [-0.3, -0.25) is 4.79 Å². The summed E-state index contributed by atoms with van der Waals surface area (Å²) < 4.78 is 5.37. The second-order valence-electron chi connectivity index (χ2n) is 5.36. The van der Waals surface area contributed by atoms with Crippen LogP contribution in [0.4, 0.5) is 5.69 Å². The fourth-order valence-corrected chi connectivity index (χ4v) is 3.81. The molecule has 0 aliphatic carbocycles. The van der Waals surface area contributed by atoms with Crippen molar-refractivity contribution in [1.29, 1.82) is 0 Å². The zero-order valence-electron chi connectivity index (χ0n) is 13.0. The average molecular weight is 341 g/mol. The van der Waals surface area contributed by atoms with Crippen molar-refractivity contribution in [2.75, 3.05) is 18.6 Å². The van der Waals surface area contributed by atoms with Gasteiger partial charge in [-0.2, -0.15) is 0 Å². The highest BCUT2D eigenvalue weighted by Gasteiger charge is 2.35. The predicted octanol–water partition coefficient (Wildman–Crippen LogP) is 2.26. The van der Waals surface area contributed by atoms with Crippen molar-refractivity contribution >= 4 is 34.5 Å². The topological polar surface area (TPSA) is 84.0 Å². The summed E-state index contributed by atoms with van der Waals surface area (Å²) in [5.41, 5.74) is 2.19. The van der Waals surface area contributed by atoms with E-state index in [1.54, 1.807) is 18.2 Å². The van der Waals surface area contributed by atoms with E-state index in [4.69, 9.17) is 4.74 Å². The summed E-state index contributed by atoms with van der Waals surface area (Å²) in [6, 6.07) is 7.57. The molecule has 4 rings (SSSR count). The molecule has 3 aromatic rings. The molecule has 1 aliphatic heterocycles. The number of hydrogen-bond acceptors (Lipinski definition) is 6. The first-order valence-electron chi connectivity index (χ1n) is 7.53. The number of H-pyrrole nitrogens is 1. The van der Waals surface area contributed by atoms with Gasteiger partial charge >= 0.3 is 0 Å². The number of rotatable bonds is 4. The van der Waals surface area contributed by atoms with Gasteiger partial charge in [-0.1, -0.05) is 23.9 Å². The number of anilines is 1. The smallest absolute Gasteiger partial charge is 0.240 e. The highest BCUT2D eigenvalue weighted by Crippen LogP contribution is 2.36. The quantitative estimate of drug-likeness (QED) is 0.784. The van der Waals surface area contributed by atoms with E-state index >= 15 is 0 Å². The van der Waals surface area contributed by atoms with E-state index in [1.807, 2.05) is 24.3 Å². The van der Waals surface area contributed by atoms with E-state index in [0.29, 0.717) is 23.1 Å². The number of aromatic amines is 1. The molecule has 1 atom stereocenters. The Kier molecular flexibility index (Phi) is 3.81. The standard InChI is InChI=1S/C16H15N5O2S/c1-23-12-5-3-2-4-11(12)21-7-6-13(15(21)22)24-16-19-10-8-17-9-18-14(10)20-16/h2-5,8-9,13H,6-7H2,1H3,(H,17,18,19,20)/t13-/m1/s1. The summed E-state index contributed by atoms with van der Waals surface area (Å²) in [4.78, 5) is 30.2. The van der Waals surface area contributed by atoms with Gasteiger partial charge in [0.1, 0.15) is 17.6 Å². The van der Waals surface area contributed by atoms with Crippen LogP contribution < -0.4 is 9.64 Å². The van der Waals surface area contributed by atoms with Gasteiger partial charge in [-0.25, -0.2) is 15.0 Å². The third-order valence-electron chi connectivity index (χ3n) is 3.93. The summed E-state index contributed by atoms with van der Waals surface area (Å²) in [5.74, 6) is 0.770. The van der Waals surface area contributed by atoms with Crippen molar-refractivity contribution in [3.63, 3.8) is 0 Å². The minimum atomic E-state index is -0.177. The van der Waals surface area contributed by atoms with Crippen LogP contribution in [0.15, 0.2) is 41.9 Å². The van der Waals surface area contributed by atoms with Crippen molar-refractivity contribution in [1.82, 2.24) is 19.9 Å². The number of ether oxygens (including phenoxy) is 1. The lowest BCUT2D eigenvalue weighted by molar-refractivity contribution is -0.116. The van der Waals surface area contributed by atoms with Crippen LogP contribution >= 0.6 is 11.8 Å². The molecule has 0 radical (unpaired) electrons. The molecule has 0 saturated carbocycles. The molecule has 1 aliphatic rings. The van der Waals surface area contributed by atoms with Crippen LogP contribution in [0, 0.1) is 0 Å². The van der Waals surface area contributed by atoms with Gasteiger partial charge in [-0.15, -0.1) is 0 Å². The lowest BCUT2D eigenvalue weighted by atomic mass is 10.2. The van der Waals surface area contributed by atoms with E-state index in [0.717, 1.165) is 17.6 Å². The fraction of sp³-hybridized carbons (Fsp3) is 0.250. The minimum Gasteiger partial charge on any atom is -0.495 e. The maximum Gasteiger partial charge on any atom is 0.240 e. The molecule has 122 valence electrons. The van der Waals surface area contributed by atoms with Crippen molar-refractivity contribution in [3.8, 4) is 5.75 Å².